The number of anilines is 1. The molecule has 200 valence electrons. The summed E-state index contributed by atoms with van der Waals surface area (Å²) >= 11 is 1.59. The van der Waals surface area contributed by atoms with Crippen molar-refractivity contribution >= 4 is 45.6 Å². The van der Waals surface area contributed by atoms with E-state index in [0.717, 1.165) is 17.6 Å². The Bertz CT molecular complexity index is 1330. The molecule has 0 atom stereocenters. The van der Waals surface area contributed by atoms with Crippen LogP contribution >= 0.6 is 11.8 Å². The number of hydrogen-bond donors (Lipinski definition) is 1. The molecule has 0 aliphatic heterocycles. The summed E-state index contributed by atoms with van der Waals surface area (Å²) < 4.78 is 36.4. The fraction of sp³-hybridized carbons (Fsp3) is 0.222. The Morgan fingerprint density at radius 3 is 2.32 bits per heavy atom. The van der Waals surface area contributed by atoms with Gasteiger partial charge < -0.3 is 9.47 Å². The second kappa shape index (κ2) is 14.2. The average Bonchev–Trinajstić information content (AvgIpc) is 2.91. The molecule has 3 rings (SSSR count). The smallest absolute Gasteiger partial charge is 0.344 e. The summed E-state index contributed by atoms with van der Waals surface area (Å²) in [5, 5.41) is 3.97. The van der Waals surface area contributed by atoms with Gasteiger partial charge in [0.25, 0.3) is 5.91 Å². The van der Waals surface area contributed by atoms with Crippen LogP contribution in [-0.2, 0) is 26.1 Å². The molecule has 0 radical (unpaired) electrons. The topological polar surface area (TPSA) is 114 Å². The maximum Gasteiger partial charge on any atom is 0.344 e. The van der Waals surface area contributed by atoms with Gasteiger partial charge in [-0.25, -0.2) is 18.6 Å². The van der Waals surface area contributed by atoms with Crippen molar-refractivity contribution in [3.05, 3.63) is 95.6 Å². The first-order valence-electron chi connectivity index (χ1n) is 11.6. The van der Waals surface area contributed by atoms with Gasteiger partial charge in [-0.2, -0.15) is 16.9 Å². The number of amides is 1. The normalized spacial score (nSPS) is 11.2. The van der Waals surface area contributed by atoms with E-state index in [2.05, 4.69) is 10.5 Å². The van der Waals surface area contributed by atoms with Gasteiger partial charge in [-0.3, -0.25) is 9.10 Å². The largest absolute Gasteiger partial charge is 0.482 e. The Balaban J connectivity index is 1.53. The molecular formula is C27H29N3O6S2. The van der Waals surface area contributed by atoms with E-state index in [1.165, 1.54) is 10.5 Å². The summed E-state index contributed by atoms with van der Waals surface area (Å²) in [6.45, 7) is 0.356. The number of thioether (sulfide) groups is 1. The third-order valence-electron chi connectivity index (χ3n) is 5.15. The second-order valence-electron chi connectivity index (χ2n) is 8.07. The van der Waals surface area contributed by atoms with Gasteiger partial charge in [-0.05, 0) is 65.9 Å². The zero-order chi connectivity index (χ0) is 27.4. The van der Waals surface area contributed by atoms with Crippen LogP contribution in [0.3, 0.4) is 0 Å². The van der Waals surface area contributed by atoms with E-state index >= 15 is 0 Å². The van der Waals surface area contributed by atoms with Crippen LogP contribution in [0.5, 0.6) is 5.75 Å². The van der Waals surface area contributed by atoms with E-state index in [4.69, 9.17) is 9.47 Å². The zero-order valence-corrected chi connectivity index (χ0v) is 22.7. The highest BCUT2D eigenvalue weighted by molar-refractivity contribution is 7.98. The van der Waals surface area contributed by atoms with E-state index in [9.17, 15) is 18.0 Å². The minimum Gasteiger partial charge on any atom is -0.482 e. The maximum atomic E-state index is 12.5. The maximum absolute atomic E-state index is 12.5. The summed E-state index contributed by atoms with van der Waals surface area (Å²) in [4.78, 5) is 24.1. The predicted octanol–water partition coefficient (Wildman–Crippen LogP) is 3.70. The number of rotatable bonds is 13. The SMILES string of the molecule is CSCCOC(=O)COc1ccc(/C=N/NC(=O)c2ccc(N(Cc3ccccc3)S(C)(=O)=O)cc2)cc1. The van der Waals surface area contributed by atoms with Crippen LogP contribution in [0, 0.1) is 0 Å². The third-order valence-corrected chi connectivity index (χ3v) is 6.87. The number of nitrogens with zero attached hydrogens (tertiary/aromatic N) is 2. The molecule has 1 amide bonds. The van der Waals surface area contributed by atoms with Crippen molar-refractivity contribution in [2.75, 3.05) is 35.8 Å². The highest BCUT2D eigenvalue weighted by atomic mass is 32.2. The van der Waals surface area contributed by atoms with Crippen LogP contribution in [0.15, 0.2) is 84.0 Å². The van der Waals surface area contributed by atoms with Gasteiger partial charge in [0.15, 0.2) is 6.61 Å². The van der Waals surface area contributed by atoms with Crippen LogP contribution in [0.1, 0.15) is 21.5 Å². The fourth-order valence-corrected chi connectivity index (χ4v) is 4.37. The van der Waals surface area contributed by atoms with E-state index in [1.807, 2.05) is 36.6 Å². The molecule has 11 heteroatoms. The summed E-state index contributed by atoms with van der Waals surface area (Å²) in [5.74, 6) is 0.365. The molecule has 0 aromatic heterocycles. The number of esters is 1. The zero-order valence-electron chi connectivity index (χ0n) is 21.1. The van der Waals surface area contributed by atoms with E-state index in [1.54, 1.807) is 60.3 Å². The monoisotopic (exact) mass is 555 g/mol. The molecule has 1 N–H and O–H groups in total. The Morgan fingerprint density at radius 2 is 1.68 bits per heavy atom. The lowest BCUT2D eigenvalue weighted by Crippen LogP contribution is -2.29. The van der Waals surface area contributed by atoms with Crippen LogP contribution in [-0.4, -0.2) is 58.0 Å². The van der Waals surface area contributed by atoms with Crippen molar-refractivity contribution in [3.8, 4) is 5.75 Å². The molecule has 0 bridgehead atoms. The van der Waals surface area contributed by atoms with Gasteiger partial charge in [0.05, 0.1) is 24.7 Å². The van der Waals surface area contributed by atoms with Crippen molar-refractivity contribution in [1.82, 2.24) is 5.43 Å². The molecule has 3 aromatic rings. The van der Waals surface area contributed by atoms with Gasteiger partial charge >= 0.3 is 5.97 Å². The van der Waals surface area contributed by atoms with Crippen LogP contribution < -0.4 is 14.5 Å². The molecule has 0 saturated heterocycles. The summed E-state index contributed by atoms with van der Waals surface area (Å²) in [6.07, 6.45) is 4.55. The summed E-state index contributed by atoms with van der Waals surface area (Å²) in [6, 6.07) is 22.3. The molecule has 0 fully saturated rings. The third kappa shape index (κ3) is 9.24. The minimum absolute atomic E-state index is 0.176. The van der Waals surface area contributed by atoms with Gasteiger partial charge in [0.1, 0.15) is 12.4 Å². The summed E-state index contributed by atoms with van der Waals surface area (Å²) in [5.41, 5.74) is 4.78. The second-order valence-corrected chi connectivity index (χ2v) is 11.0. The number of carbonyl (C=O) groups excluding carboxylic acids is 2. The fourth-order valence-electron chi connectivity index (χ4n) is 3.23. The number of hydrazone groups is 1. The number of benzene rings is 3. The van der Waals surface area contributed by atoms with Gasteiger partial charge in [-0.1, -0.05) is 30.3 Å². The van der Waals surface area contributed by atoms with Crippen molar-refractivity contribution < 1.29 is 27.5 Å². The van der Waals surface area contributed by atoms with Crippen LogP contribution in [0.25, 0.3) is 0 Å². The highest BCUT2D eigenvalue weighted by Gasteiger charge is 2.18. The van der Waals surface area contributed by atoms with Crippen LogP contribution in [0.4, 0.5) is 5.69 Å². The van der Waals surface area contributed by atoms with Gasteiger partial charge in [0.2, 0.25) is 10.0 Å². The van der Waals surface area contributed by atoms with Crippen molar-refractivity contribution in [2.45, 2.75) is 6.54 Å². The number of nitrogens with one attached hydrogen (secondary N) is 1. The minimum atomic E-state index is -3.53. The summed E-state index contributed by atoms with van der Waals surface area (Å²) in [7, 11) is -3.53. The molecule has 9 nitrogen and oxygen atoms in total. The molecule has 0 saturated carbocycles. The number of ether oxygens (including phenoxy) is 2. The predicted molar refractivity (Wildman–Crippen MR) is 150 cm³/mol. The Morgan fingerprint density at radius 1 is 1.00 bits per heavy atom. The molecule has 38 heavy (non-hydrogen) atoms. The molecular weight excluding hydrogens is 526 g/mol. The highest BCUT2D eigenvalue weighted by Crippen LogP contribution is 2.21. The van der Waals surface area contributed by atoms with Gasteiger partial charge in [-0.15, -0.1) is 0 Å². The van der Waals surface area contributed by atoms with Gasteiger partial charge in [0, 0.05) is 11.3 Å². The van der Waals surface area contributed by atoms with Crippen molar-refractivity contribution in [1.29, 1.82) is 0 Å². The van der Waals surface area contributed by atoms with Crippen molar-refractivity contribution in [2.24, 2.45) is 5.10 Å². The first-order valence-corrected chi connectivity index (χ1v) is 14.8. The number of carbonyl (C=O) groups is 2. The first-order chi connectivity index (χ1) is 18.3. The number of hydrogen-bond acceptors (Lipinski definition) is 8. The lowest BCUT2D eigenvalue weighted by Gasteiger charge is -2.22. The van der Waals surface area contributed by atoms with E-state index in [-0.39, 0.29) is 13.2 Å². The Hall–Kier alpha value is -3.83. The van der Waals surface area contributed by atoms with Crippen molar-refractivity contribution in [3.63, 3.8) is 0 Å². The Kier molecular flexibility index (Phi) is 10.7. The molecule has 0 aliphatic carbocycles. The molecule has 3 aromatic carbocycles. The number of sulfonamides is 1. The quantitative estimate of drug-likeness (QED) is 0.148. The van der Waals surface area contributed by atoms with E-state index in [0.29, 0.717) is 29.2 Å². The van der Waals surface area contributed by atoms with Crippen LogP contribution in [0.2, 0.25) is 0 Å². The van der Waals surface area contributed by atoms with E-state index < -0.39 is 21.9 Å². The molecule has 0 heterocycles. The average molecular weight is 556 g/mol. The standard InChI is InChI=1S/C27H29N3O6S2/c1-37-17-16-35-26(31)20-36-25-14-8-21(9-15-25)18-28-29-27(32)23-10-12-24(13-11-23)30(38(2,33)34)19-22-6-4-3-5-7-22/h3-15,18H,16-17,19-20H2,1-2H3,(H,29,32)/b28-18+. The lowest BCUT2D eigenvalue weighted by atomic mass is 10.2. The molecule has 0 spiro atoms. The Labute approximate surface area is 226 Å². The molecule has 0 aliphatic rings. The lowest BCUT2D eigenvalue weighted by molar-refractivity contribution is -0.145. The first kappa shape index (κ1) is 28.7. The molecule has 0 unspecified atom stereocenters.